The molecule has 0 bridgehead atoms. The van der Waals surface area contributed by atoms with Crippen molar-refractivity contribution in [1.82, 2.24) is 0 Å². The number of rotatable bonds is 13. The molecule has 1 nitrogen and oxygen atoms in total. The Morgan fingerprint density at radius 1 is 0.436 bits per heavy atom. The van der Waals surface area contributed by atoms with Crippen LogP contribution in [0.3, 0.4) is 0 Å². The molecule has 0 unspecified atom stereocenters. The topological polar surface area (TPSA) is 3.24 Å². The van der Waals surface area contributed by atoms with Crippen molar-refractivity contribution in [2.45, 2.75) is 78.1 Å². The van der Waals surface area contributed by atoms with Crippen molar-refractivity contribution in [3.05, 3.63) is 125 Å². The molecule has 0 radical (unpaired) electrons. The fourth-order valence-corrected chi connectivity index (χ4v) is 4.94. The van der Waals surface area contributed by atoms with Crippen LogP contribution >= 0.6 is 0 Å². The van der Waals surface area contributed by atoms with Gasteiger partial charge in [-0.2, -0.15) is 0 Å². The molecule has 0 amide bonds. The summed E-state index contributed by atoms with van der Waals surface area (Å²) in [4.78, 5) is 2.36. The third-order valence-electron chi connectivity index (χ3n) is 7.28. The van der Waals surface area contributed by atoms with E-state index in [0.29, 0.717) is 0 Å². The van der Waals surface area contributed by atoms with Crippen LogP contribution in [-0.2, 0) is 12.8 Å². The highest BCUT2D eigenvalue weighted by Gasteiger charge is 2.13. The van der Waals surface area contributed by atoms with Gasteiger partial charge >= 0.3 is 0 Å². The Labute approximate surface area is 236 Å². The second-order valence-electron chi connectivity index (χ2n) is 10.5. The van der Waals surface area contributed by atoms with E-state index in [0.717, 1.165) is 29.7 Å². The molecule has 0 aliphatic carbocycles. The van der Waals surface area contributed by atoms with Gasteiger partial charge in [0.1, 0.15) is 0 Å². The van der Waals surface area contributed by atoms with Crippen LogP contribution < -0.4 is 4.90 Å². The molecule has 0 atom stereocenters. The van der Waals surface area contributed by atoms with Crippen molar-refractivity contribution in [1.29, 1.82) is 0 Å². The average Bonchev–Trinajstić information content (AvgIpc) is 2.99. The zero-order valence-corrected chi connectivity index (χ0v) is 23.8. The molecule has 0 aliphatic rings. The summed E-state index contributed by atoms with van der Waals surface area (Å²) in [6, 6.07) is 37.1. The molecular formula is C38H43N. The fourth-order valence-electron chi connectivity index (χ4n) is 4.94. The van der Waals surface area contributed by atoms with Gasteiger partial charge < -0.3 is 4.90 Å². The first-order valence-corrected chi connectivity index (χ1v) is 14.9. The summed E-state index contributed by atoms with van der Waals surface area (Å²) in [7, 11) is 0. The van der Waals surface area contributed by atoms with Crippen molar-refractivity contribution >= 4 is 17.1 Å². The monoisotopic (exact) mass is 513 g/mol. The minimum absolute atomic E-state index is 1.02. The van der Waals surface area contributed by atoms with Crippen molar-refractivity contribution in [3.8, 4) is 11.8 Å². The summed E-state index contributed by atoms with van der Waals surface area (Å²) in [5.74, 6) is 6.58. The van der Waals surface area contributed by atoms with Gasteiger partial charge in [-0.05, 0) is 97.5 Å². The Bertz CT molecular complexity index is 1230. The first-order chi connectivity index (χ1) is 19.3. The number of nitrogens with zero attached hydrogens (tertiary/aromatic N) is 1. The molecule has 0 N–H and O–H groups in total. The first kappa shape index (κ1) is 28.3. The van der Waals surface area contributed by atoms with Gasteiger partial charge in [0.25, 0.3) is 0 Å². The average molecular weight is 514 g/mol. The molecule has 0 spiro atoms. The lowest BCUT2D eigenvalue weighted by atomic mass is 10.0. The van der Waals surface area contributed by atoms with Gasteiger partial charge in [0.15, 0.2) is 0 Å². The van der Waals surface area contributed by atoms with Crippen LogP contribution in [0.15, 0.2) is 103 Å². The third-order valence-corrected chi connectivity index (χ3v) is 7.28. The van der Waals surface area contributed by atoms with Crippen LogP contribution in [0, 0.1) is 11.8 Å². The maximum absolute atomic E-state index is 3.31. The van der Waals surface area contributed by atoms with E-state index < -0.39 is 0 Å². The number of hydrogen-bond acceptors (Lipinski definition) is 1. The van der Waals surface area contributed by atoms with Crippen LogP contribution in [0.1, 0.15) is 87.5 Å². The molecule has 0 aromatic heterocycles. The second-order valence-corrected chi connectivity index (χ2v) is 10.5. The predicted octanol–water partition coefficient (Wildman–Crippen LogP) is 10.8. The van der Waals surface area contributed by atoms with Gasteiger partial charge in [0.2, 0.25) is 0 Å². The van der Waals surface area contributed by atoms with Crippen molar-refractivity contribution in [3.63, 3.8) is 0 Å². The van der Waals surface area contributed by atoms with Gasteiger partial charge in [-0.3, -0.25) is 0 Å². The minimum Gasteiger partial charge on any atom is -0.311 e. The SMILES string of the molecule is CCCCCCc1ccc(N(c2ccc(C#Cc3ccccc3)cc2)c2ccc(CCCCCC)cc2)cc1. The molecule has 4 rings (SSSR count). The molecule has 4 aromatic carbocycles. The summed E-state index contributed by atoms with van der Waals surface area (Å²) in [6.45, 7) is 4.54. The van der Waals surface area contributed by atoms with E-state index in [1.165, 1.54) is 73.9 Å². The van der Waals surface area contributed by atoms with Crippen LogP contribution in [0.5, 0.6) is 0 Å². The van der Waals surface area contributed by atoms with Crippen molar-refractivity contribution < 1.29 is 0 Å². The predicted molar refractivity (Wildman–Crippen MR) is 169 cm³/mol. The number of aryl methyl sites for hydroxylation is 2. The van der Waals surface area contributed by atoms with Gasteiger partial charge in [0.05, 0.1) is 0 Å². The molecule has 200 valence electrons. The summed E-state index contributed by atoms with van der Waals surface area (Å²) in [6.07, 6.45) is 12.7. The summed E-state index contributed by atoms with van der Waals surface area (Å²) >= 11 is 0. The number of benzene rings is 4. The number of anilines is 3. The number of hydrogen-bond donors (Lipinski definition) is 0. The summed E-state index contributed by atoms with van der Waals surface area (Å²) in [5.41, 5.74) is 8.41. The third kappa shape index (κ3) is 8.90. The lowest BCUT2D eigenvalue weighted by Gasteiger charge is -2.26. The highest BCUT2D eigenvalue weighted by molar-refractivity contribution is 5.77. The quantitative estimate of drug-likeness (QED) is 0.127. The summed E-state index contributed by atoms with van der Waals surface area (Å²) < 4.78 is 0. The Hall–Kier alpha value is -3.76. The molecule has 0 fully saturated rings. The van der Waals surface area contributed by atoms with Crippen LogP contribution in [0.4, 0.5) is 17.1 Å². The van der Waals surface area contributed by atoms with Crippen LogP contribution in [0.2, 0.25) is 0 Å². The van der Waals surface area contributed by atoms with E-state index in [1.807, 2.05) is 30.3 Å². The van der Waals surface area contributed by atoms with E-state index in [4.69, 9.17) is 0 Å². The Balaban J connectivity index is 1.55. The highest BCUT2D eigenvalue weighted by Crippen LogP contribution is 2.35. The molecule has 0 heterocycles. The second kappa shape index (κ2) is 15.6. The lowest BCUT2D eigenvalue weighted by Crippen LogP contribution is -2.10. The molecule has 0 saturated carbocycles. The molecular weight excluding hydrogens is 470 g/mol. The maximum Gasteiger partial charge on any atom is 0.0462 e. The Morgan fingerprint density at radius 3 is 1.28 bits per heavy atom. The Kier molecular flexibility index (Phi) is 11.3. The Morgan fingerprint density at radius 2 is 0.846 bits per heavy atom. The fraction of sp³-hybridized carbons (Fsp3) is 0.316. The summed E-state index contributed by atoms with van der Waals surface area (Å²) in [5, 5.41) is 0. The largest absolute Gasteiger partial charge is 0.311 e. The van der Waals surface area contributed by atoms with E-state index in [2.05, 4.69) is 103 Å². The van der Waals surface area contributed by atoms with Crippen molar-refractivity contribution in [2.24, 2.45) is 0 Å². The molecule has 0 saturated heterocycles. The highest BCUT2D eigenvalue weighted by atomic mass is 15.1. The lowest BCUT2D eigenvalue weighted by molar-refractivity contribution is 0.667. The van der Waals surface area contributed by atoms with Gasteiger partial charge in [-0.1, -0.05) is 107 Å². The van der Waals surface area contributed by atoms with E-state index in [-0.39, 0.29) is 0 Å². The van der Waals surface area contributed by atoms with Gasteiger partial charge in [0, 0.05) is 28.2 Å². The molecule has 1 heteroatoms. The maximum atomic E-state index is 3.31. The van der Waals surface area contributed by atoms with Gasteiger partial charge in [-0.15, -0.1) is 0 Å². The minimum atomic E-state index is 1.02. The zero-order valence-electron chi connectivity index (χ0n) is 23.8. The molecule has 0 aliphatic heterocycles. The van der Waals surface area contributed by atoms with Crippen LogP contribution in [-0.4, -0.2) is 0 Å². The standard InChI is InChI=1S/C38H43N/c1-3-5-7-10-16-33-20-26-36(27-21-33)39(37-28-22-34(23-29-37)17-11-8-6-4-2)38-30-24-35(25-31-38)19-18-32-14-12-9-13-15-32/h9,12-15,20-31H,3-8,10-11,16-17H2,1-2H3. The van der Waals surface area contributed by atoms with Crippen LogP contribution in [0.25, 0.3) is 0 Å². The van der Waals surface area contributed by atoms with E-state index in [1.54, 1.807) is 0 Å². The zero-order chi connectivity index (χ0) is 27.1. The van der Waals surface area contributed by atoms with E-state index in [9.17, 15) is 0 Å². The van der Waals surface area contributed by atoms with Gasteiger partial charge in [-0.25, -0.2) is 0 Å². The molecule has 39 heavy (non-hydrogen) atoms. The van der Waals surface area contributed by atoms with E-state index >= 15 is 0 Å². The van der Waals surface area contributed by atoms with Crippen molar-refractivity contribution in [2.75, 3.05) is 4.90 Å². The first-order valence-electron chi connectivity index (χ1n) is 14.9. The number of unbranched alkanes of at least 4 members (excludes halogenated alkanes) is 6. The normalized spacial score (nSPS) is 10.6. The smallest absolute Gasteiger partial charge is 0.0462 e. The molecule has 4 aromatic rings.